The molecule has 29 heavy (non-hydrogen) atoms. The lowest BCUT2D eigenvalue weighted by Crippen LogP contribution is -2.35. The smallest absolute Gasteiger partial charge is 0.305 e. The first kappa shape index (κ1) is 20.5. The Kier molecular flexibility index (Phi) is 6.90. The number of para-hydroxylation sites is 1. The number of anilines is 1. The summed E-state index contributed by atoms with van der Waals surface area (Å²) in [7, 11) is 0. The Morgan fingerprint density at radius 1 is 1.14 bits per heavy atom. The molecule has 0 radical (unpaired) electrons. The quantitative estimate of drug-likeness (QED) is 0.575. The van der Waals surface area contributed by atoms with E-state index in [-0.39, 0.29) is 11.4 Å². The monoisotopic (exact) mass is 414 g/mol. The van der Waals surface area contributed by atoms with Gasteiger partial charge in [-0.25, -0.2) is 9.18 Å². The van der Waals surface area contributed by atoms with E-state index >= 15 is 0 Å². The Balaban J connectivity index is 1.60. The molecule has 0 saturated heterocycles. The van der Waals surface area contributed by atoms with Crippen LogP contribution in [0.1, 0.15) is 13.3 Å². The fourth-order valence-electron chi connectivity index (χ4n) is 2.54. The molecule has 2 heterocycles. The molecular formula is C19H19FN6O2S. The van der Waals surface area contributed by atoms with Crippen LogP contribution in [0.25, 0.3) is 11.4 Å². The van der Waals surface area contributed by atoms with Gasteiger partial charge >= 0.3 is 6.03 Å². The van der Waals surface area contributed by atoms with Crippen LogP contribution in [0.4, 0.5) is 14.9 Å². The van der Waals surface area contributed by atoms with E-state index in [1.165, 1.54) is 30.0 Å². The minimum absolute atomic E-state index is 0.00450. The molecule has 0 unspecified atom stereocenters. The van der Waals surface area contributed by atoms with Gasteiger partial charge in [0.1, 0.15) is 5.82 Å². The van der Waals surface area contributed by atoms with Crippen molar-refractivity contribution in [3.8, 4) is 11.4 Å². The molecule has 2 aromatic heterocycles. The van der Waals surface area contributed by atoms with Gasteiger partial charge in [-0.2, -0.15) is 0 Å². The number of carbonyl (C=O) groups is 2. The van der Waals surface area contributed by atoms with Crippen LogP contribution in [0.2, 0.25) is 0 Å². The van der Waals surface area contributed by atoms with Crippen LogP contribution in [0, 0.1) is 5.82 Å². The minimum atomic E-state index is -0.798. The highest BCUT2D eigenvalue weighted by atomic mass is 32.2. The fraction of sp³-hybridized carbons (Fsp3) is 0.211. The SMILES string of the molecule is CCCn1c(SCC(=O)NC(=O)Nc2ccccc2F)nnc1-c1ccncc1. The molecule has 2 N–H and O–H groups in total. The number of nitrogens with zero attached hydrogens (tertiary/aromatic N) is 4. The molecule has 3 amide bonds. The molecule has 150 valence electrons. The molecule has 3 aromatic rings. The molecule has 10 heteroatoms. The standard InChI is InChI=1S/C19H19FN6O2S/c1-2-11-26-17(13-7-9-21-10-8-13)24-25-19(26)29-12-16(27)23-18(28)22-15-6-4-3-5-14(15)20/h3-10H,2,11-12H2,1H3,(H2,22,23,27,28). The zero-order valence-electron chi connectivity index (χ0n) is 15.6. The summed E-state index contributed by atoms with van der Waals surface area (Å²) in [5, 5.41) is 13.4. The van der Waals surface area contributed by atoms with Gasteiger partial charge in [-0.3, -0.25) is 15.1 Å². The van der Waals surface area contributed by atoms with Crippen LogP contribution in [0.3, 0.4) is 0 Å². The fourth-order valence-corrected chi connectivity index (χ4v) is 3.31. The van der Waals surface area contributed by atoms with Gasteiger partial charge < -0.3 is 9.88 Å². The maximum atomic E-state index is 13.6. The van der Waals surface area contributed by atoms with Crippen LogP contribution in [-0.2, 0) is 11.3 Å². The van der Waals surface area contributed by atoms with E-state index in [9.17, 15) is 14.0 Å². The molecule has 0 atom stereocenters. The maximum Gasteiger partial charge on any atom is 0.325 e. The van der Waals surface area contributed by atoms with Crippen molar-refractivity contribution in [2.24, 2.45) is 0 Å². The number of benzene rings is 1. The third kappa shape index (κ3) is 5.38. The van der Waals surface area contributed by atoms with Crippen molar-refractivity contribution in [1.82, 2.24) is 25.1 Å². The molecule has 0 saturated carbocycles. The second-order valence-corrected chi connectivity index (χ2v) is 6.91. The van der Waals surface area contributed by atoms with Gasteiger partial charge in [-0.15, -0.1) is 10.2 Å². The van der Waals surface area contributed by atoms with E-state index in [0.29, 0.717) is 17.5 Å². The van der Waals surface area contributed by atoms with Crippen molar-refractivity contribution in [1.29, 1.82) is 0 Å². The lowest BCUT2D eigenvalue weighted by molar-refractivity contribution is -0.117. The second-order valence-electron chi connectivity index (χ2n) is 5.96. The normalized spacial score (nSPS) is 10.6. The molecule has 0 bridgehead atoms. The first-order valence-corrected chi connectivity index (χ1v) is 9.88. The lowest BCUT2D eigenvalue weighted by atomic mass is 10.2. The van der Waals surface area contributed by atoms with Gasteiger partial charge in [0, 0.05) is 24.5 Å². The van der Waals surface area contributed by atoms with Gasteiger partial charge in [0.15, 0.2) is 11.0 Å². The molecule has 3 rings (SSSR count). The first-order valence-electron chi connectivity index (χ1n) is 8.90. The molecule has 0 aliphatic heterocycles. The second kappa shape index (κ2) is 9.78. The number of urea groups is 1. The predicted molar refractivity (Wildman–Crippen MR) is 108 cm³/mol. The number of pyridine rings is 1. The topological polar surface area (TPSA) is 102 Å². The summed E-state index contributed by atoms with van der Waals surface area (Å²) in [6.07, 6.45) is 4.21. The van der Waals surface area contributed by atoms with Crippen molar-refractivity contribution in [2.45, 2.75) is 25.0 Å². The van der Waals surface area contributed by atoms with E-state index in [0.717, 1.165) is 12.0 Å². The zero-order chi connectivity index (χ0) is 20.6. The Hall–Kier alpha value is -3.27. The number of amides is 3. The molecule has 0 aliphatic rings. The predicted octanol–water partition coefficient (Wildman–Crippen LogP) is 3.33. The molecule has 0 fully saturated rings. The zero-order valence-corrected chi connectivity index (χ0v) is 16.4. The number of rotatable bonds is 7. The number of thioether (sulfide) groups is 1. The summed E-state index contributed by atoms with van der Waals surface area (Å²) in [5.41, 5.74) is 0.872. The minimum Gasteiger partial charge on any atom is -0.305 e. The van der Waals surface area contributed by atoms with Gasteiger partial charge in [0.05, 0.1) is 11.4 Å². The number of halogens is 1. The van der Waals surface area contributed by atoms with Gasteiger partial charge in [-0.1, -0.05) is 30.8 Å². The van der Waals surface area contributed by atoms with Crippen molar-refractivity contribution < 1.29 is 14.0 Å². The summed E-state index contributed by atoms with van der Waals surface area (Å²) >= 11 is 1.17. The van der Waals surface area contributed by atoms with Gasteiger partial charge in [0.2, 0.25) is 5.91 Å². The van der Waals surface area contributed by atoms with E-state index < -0.39 is 17.8 Å². The van der Waals surface area contributed by atoms with Crippen molar-refractivity contribution >= 4 is 29.4 Å². The van der Waals surface area contributed by atoms with Crippen LogP contribution in [-0.4, -0.2) is 37.4 Å². The lowest BCUT2D eigenvalue weighted by Gasteiger charge is -2.09. The number of aromatic nitrogens is 4. The molecule has 8 nitrogen and oxygen atoms in total. The number of hydrogen-bond acceptors (Lipinski definition) is 6. The number of carbonyl (C=O) groups excluding carboxylic acids is 2. The third-order valence-electron chi connectivity index (χ3n) is 3.81. The highest BCUT2D eigenvalue weighted by Crippen LogP contribution is 2.24. The highest BCUT2D eigenvalue weighted by Gasteiger charge is 2.16. The Labute approximate surface area is 170 Å². The van der Waals surface area contributed by atoms with Crippen LogP contribution in [0.5, 0.6) is 0 Å². The Morgan fingerprint density at radius 3 is 2.62 bits per heavy atom. The van der Waals surface area contributed by atoms with E-state index in [4.69, 9.17) is 0 Å². The number of nitrogens with one attached hydrogen (secondary N) is 2. The summed E-state index contributed by atoms with van der Waals surface area (Å²) in [6.45, 7) is 2.72. The maximum absolute atomic E-state index is 13.6. The first-order chi connectivity index (χ1) is 14.1. The number of imide groups is 1. The van der Waals surface area contributed by atoms with Gasteiger partial charge in [-0.05, 0) is 30.7 Å². The van der Waals surface area contributed by atoms with Crippen LogP contribution < -0.4 is 10.6 Å². The summed E-state index contributed by atoms with van der Waals surface area (Å²) in [4.78, 5) is 28.0. The van der Waals surface area contributed by atoms with Crippen LogP contribution in [0.15, 0.2) is 53.9 Å². The summed E-state index contributed by atoms with van der Waals surface area (Å²) < 4.78 is 15.5. The summed E-state index contributed by atoms with van der Waals surface area (Å²) in [5.74, 6) is -0.460. The largest absolute Gasteiger partial charge is 0.325 e. The van der Waals surface area contributed by atoms with Gasteiger partial charge in [0.25, 0.3) is 0 Å². The Morgan fingerprint density at radius 2 is 1.90 bits per heavy atom. The molecule has 1 aromatic carbocycles. The molecule has 0 spiro atoms. The number of hydrogen-bond donors (Lipinski definition) is 2. The van der Waals surface area contributed by atoms with Crippen molar-refractivity contribution in [3.05, 3.63) is 54.6 Å². The van der Waals surface area contributed by atoms with Crippen LogP contribution >= 0.6 is 11.8 Å². The summed E-state index contributed by atoms with van der Waals surface area (Å²) in [6, 6.07) is 8.59. The average Bonchev–Trinajstić information content (AvgIpc) is 3.12. The highest BCUT2D eigenvalue weighted by molar-refractivity contribution is 7.99. The molecule has 0 aliphatic carbocycles. The van der Waals surface area contributed by atoms with E-state index in [1.807, 2.05) is 23.6 Å². The third-order valence-corrected chi connectivity index (χ3v) is 4.78. The van der Waals surface area contributed by atoms with E-state index in [2.05, 4.69) is 25.8 Å². The Bertz CT molecular complexity index is 995. The molecular weight excluding hydrogens is 395 g/mol. The van der Waals surface area contributed by atoms with Crippen molar-refractivity contribution in [2.75, 3.05) is 11.1 Å². The average molecular weight is 414 g/mol. The van der Waals surface area contributed by atoms with Crippen molar-refractivity contribution in [3.63, 3.8) is 0 Å². The van der Waals surface area contributed by atoms with E-state index in [1.54, 1.807) is 18.5 Å².